The molecule has 0 unspecified atom stereocenters. The van der Waals surface area contributed by atoms with Crippen LogP contribution in [0.2, 0.25) is 0 Å². The Morgan fingerprint density at radius 1 is 0.453 bits per heavy atom. The van der Waals surface area contributed by atoms with Gasteiger partial charge in [0, 0.05) is 279 Å². The second kappa shape index (κ2) is 46.4. The third-order valence-corrected chi connectivity index (χ3v) is 23.0. The van der Waals surface area contributed by atoms with Crippen LogP contribution in [-0.2, 0) is 47.7 Å². The predicted octanol–water partition coefficient (Wildman–Crippen LogP) is 7.89. The molecule has 5 amide bonds. The number of rotatable bonds is 12. The van der Waals surface area contributed by atoms with Crippen molar-refractivity contribution >= 4 is 123 Å². The van der Waals surface area contributed by atoms with Gasteiger partial charge in [-0.05, 0) is 134 Å². The lowest BCUT2D eigenvalue weighted by molar-refractivity contribution is -0.147. The molecule has 0 aliphatic carbocycles. The molecule has 14 heterocycles. The first-order chi connectivity index (χ1) is 55.6. The molecule has 6 aromatic heterocycles. The number of aromatic nitrogens is 6. The number of hydrogen-bond donors (Lipinski definition) is 3. The first-order valence-electron chi connectivity index (χ1n) is 38.5. The van der Waals surface area contributed by atoms with Crippen molar-refractivity contribution < 1.29 is 60.2 Å². The maximum atomic E-state index is 12.7. The summed E-state index contributed by atoms with van der Waals surface area (Å²) in [7, 11) is 1.69. The summed E-state index contributed by atoms with van der Waals surface area (Å²) in [6.07, 6.45) is 19.2. The molecule has 0 aromatic carbocycles. The number of sulfonamides is 1. The number of piperazine rings is 4. The summed E-state index contributed by atoms with van der Waals surface area (Å²) >= 11 is 15.3. The Labute approximate surface area is 707 Å². The maximum absolute atomic E-state index is 12.7. The zero-order valence-electron chi connectivity index (χ0n) is 68.1. The fourth-order valence-electron chi connectivity index (χ4n) is 12.5. The van der Waals surface area contributed by atoms with Crippen molar-refractivity contribution in [1.82, 2.24) is 74.2 Å². The lowest BCUT2D eigenvalue weighted by atomic mass is 9.98. The molecule has 8 aliphatic rings. The zero-order chi connectivity index (χ0) is 85.5. The molecule has 8 fully saturated rings. The van der Waals surface area contributed by atoms with Crippen molar-refractivity contribution in [3.8, 4) is 0 Å². The van der Waals surface area contributed by atoms with Crippen molar-refractivity contribution in [2.75, 3.05) is 196 Å². The minimum Gasteiger partial charge on any atom is -0.481 e. The lowest BCUT2D eigenvalue weighted by Gasteiger charge is -2.43. The molecule has 32 nitrogen and oxygen atoms in total. The highest BCUT2D eigenvalue weighted by Gasteiger charge is 2.44. The number of halogens is 4. The molecule has 0 bridgehead atoms. The van der Waals surface area contributed by atoms with Crippen LogP contribution in [0.25, 0.3) is 0 Å². The number of pyridine rings is 6. The average Bonchev–Trinajstić information content (AvgIpc) is 0.790. The van der Waals surface area contributed by atoms with Crippen LogP contribution in [0.1, 0.15) is 55.4 Å². The van der Waals surface area contributed by atoms with Crippen LogP contribution in [0.4, 0.5) is 32.3 Å². The zero-order valence-corrected chi connectivity index (χ0v) is 72.8. The molecule has 0 saturated carbocycles. The molecule has 640 valence electrons. The van der Waals surface area contributed by atoms with Gasteiger partial charge in [-0.3, -0.25) is 49.1 Å². The fraction of sp³-hybridized carbons (Fsp3) is 0.519. The second-order valence-electron chi connectivity index (χ2n) is 30.5. The van der Waals surface area contributed by atoms with E-state index in [-0.39, 0.29) is 77.0 Å². The first kappa shape index (κ1) is 95.1. The van der Waals surface area contributed by atoms with E-state index in [0.717, 1.165) is 114 Å². The Morgan fingerprint density at radius 2 is 0.769 bits per heavy atom. The molecule has 14 rings (SSSR count). The molecule has 0 atom stereocenters. The monoisotopic (exact) mass is 1740 g/mol. The van der Waals surface area contributed by atoms with Crippen molar-refractivity contribution in [3.63, 3.8) is 0 Å². The van der Waals surface area contributed by atoms with Gasteiger partial charge in [0.2, 0.25) is 27.7 Å². The Morgan fingerprint density at radius 3 is 1.03 bits per heavy atom. The van der Waals surface area contributed by atoms with Gasteiger partial charge in [0.05, 0.1) is 29.0 Å². The molecular formula is C79H111Cl4N19O13S2. The second-order valence-corrected chi connectivity index (χ2v) is 36.1. The smallest absolute Gasteiger partial charge is 0.410 e. The van der Waals surface area contributed by atoms with Crippen LogP contribution in [0.15, 0.2) is 168 Å². The molecule has 38 heteroatoms. The number of aliphatic carboxylic acids is 1. The van der Waals surface area contributed by atoms with E-state index in [1.807, 2.05) is 129 Å². The van der Waals surface area contributed by atoms with E-state index < -0.39 is 48.3 Å². The topological polar surface area (TPSA) is 346 Å². The highest BCUT2D eigenvalue weighted by atomic mass is 35.7. The number of carbonyl (C=O) groups is 6. The summed E-state index contributed by atoms with van der Waals surface area (Å²) < 4.78 is 57.9. The van der Waals surface area contributed by atoms with Gasteiger partial charge in [-0.1, -0.05) is 11.6 Å². The molecule has 0 radical (unpaired) electrons. The van der Waals surface area contributed by atoms with E-state index in [9.17, 15) is 45.6 Å². The minimum atomic E-state index is -3.59. The van der Waals surface area contributed by atoms with E-state index in [2.05, 4.69) is 72.3 Å². The van der Waals surface area contributed by atoms with Crippen LogP contribution in [-0.4, -0.2) is 309 Å². The Balaban J connectivity index is 0.000000194. The lowest BCUT2D eigenvalue weighted by Crippen LogP contribution is -2.59. The van der Waals surface area contributed by atoms with E-state index in [1.54, 1.807) is 56.5 Å². The number of carboxylic acids is 1. The van der Waals surface area contributed by atoms with Crippen LogP contribution < -0.4 is 30.2 Å². The SMILES string of the molecule is CC(C)(C)OC(=O)N1CC(C(=O)N2CCN(c3ccncc3)CC2)C1.CC(C)(C)OC(=O)N1CC(C(=O)O)C1.CC(C)=C(Cl)N(C)C.ClCCl.O=C(C1CN(S(=O)(=O)c2cccnc2)C1)N1CCN(c2ccncc2)CC1.O=C(C1CNC1)N1CCN(c2ccncc2)CC1.O=S(=O)(Cl)c1cccnc1.c1cc(N2CCNCC2)ccn1. The summed E-state index contributed by atoms with van der Waals surface area (Å²) in [4.78, 5) is 115. The highest BCUT2D eigenvalue weighted by molar-refractivity contribution is 8.13. The van der Waals surface area contributed by atoms with Crippen LogP contribution >= 0.6 is 45.5 Å². The van der Waals surface area contributed by atoms with Crippen molar-refractivity contribution in [2.45, 2.75) is 76.4 Å². The third kappa shape index (κ3) is 31.0. The number of nitrogens with zero attached hydrogens (tertiary/aromatic N) is 17. The van der Waals surface area contributed by atoms with Gasteiger partial charge in [-0.25, -0.2) is 26.4 Å². The third-order valence-electron chi connectivity index (χ3n) is 19.1. The van der Waals surface area contributed by atoms with Gasteiger partial charge in [0.1, 0.15) is 26.1 Å². The van der Waals surface area contributed by atoms with E-state index >= 15 is 0 Å². The summed E-state index contributed by atoms with van der Waals surface area (Å²) in [6, 6.07) is 22.1. The van der Waals surface area contributed by atoms with Crippen LogP contribution in [0.3, 0.4) is 0 Å². The van der Waals surface area contributed by atoms with Crippen molar-refractivity contribution in [3.05, 3.63) is 158 Å². The fourth-order valence-corrected chi connectivity index (χ4v) is 14.7. The Hall–Kier alpha value is -9.00. The first-order valence-corrected chi connectivity index (χ1v) is 43.7. The normalized spacial score (nSPS) is 17.2. The van der Waals surface area contributed by atoms with E-state index in [1.165, 1.54) is 63.6 Å². The number of carboxylic acid groups (broad SMARTS) is 1. The van der Waals surface area contributed by atoms with Gasteiger partial charge in [0.15, 0.2) is 0 Å². The van der Waals surface area contributed by atoms with Gasteiger partial charge in [0.25, 0.3) is 9.05 Å². The number of anilines is 4. The standard InChI is InChI=1S/C18H21N5O3S.C18H26N4O3.C13H18N4O.C9H13N3.C9H15NO4.C6H12ClN.C5H4ClNO2S.CH2Cl2/c24-18(22-10-8-21(9-11-22)16-3-6-19-7-4-16)15-13-23(14-15)27(25,26)17-2-1-5-20-12-17;1-18(2,3)25-17(24)22-12-14(13-22)16(23)21-10-8-20(9-11-21)15-4-6-19-7-5-15;18-13(11-9-15-10-11)17-7-5-16(6-8-17)12-1-3-14-4-2-12;1-3-10-4-2-9(1)12-7-5-11-6-8-12;1-9(2,3)14-8(13)10-4-6(5-10)7(11)12;1-5(2)6(7)8(3)4;6-10(8,9)5-2-1-3-7-4-5;2-1-3/h1-7,12,15H,8-11,13-14H2;4-7,14H,8-13H2,1-3H3;1-4,11,15H,5-10H2;1-4,11H,5-8H2;6H,4-5H2,1-3H3,(H,11,12);1-4H3;1-4H;1H2. The molecule has 6 aromatic rings. The number of carbonyl (C=O) groups excluding carboxylic acids is 5. The number of nitrogens with one attached hydrogen (secondary N) is 2. The van der Waals surface area contributed by atoms with Gasteiger partial charge < -0.3 is 74.2 Å². The molecule has 117 heavy (non-hydrogen) atoms. The summed E-state index contributed by atoms with van der Waals surface area (Å²) in [5.74, 6) is -0.909. The highest BCUT2D eigenvalue weighted by Crippen LogP contribution is 2.29. The van der Waals surface area contributed by atoms with E-state index in [4.69, 9.17) is 60.1 Å². The molecule has 8 saturated heterocycles. The number of ether oxygens (including phenoxy) is 2. The number of alkyl halides is 2. The minimum absolute atomic E-state index is 0.0247. The number of allylic oxidation sites excluding steroid dienone is 1. The number of likely N-dealkylation sites (tertiary alicyclic amines) is 2. The van der Waals surface area contributed by atoms with Crippen molar-refractivity contribution in [2.24, 2.45) is 23.7 Å². The summed E-state index contributed by atoms with van der Waals surface area (Å²) in [6.45, 7) is 32.2. The Bertz CT molecular complexity index is 4300. The number of hydrogen-bond acceptors (Lipinski definition) is 25. The van der Waals surface area contributed by atoms with Crippen molar-refractivity contribution in [1.29, 1.82) is 0 Å². The largest absolute Gasteiger partial charge is 0.481 e. The molecule has 0 spiro atoms. The average molecular weight is 1740 g/mol. The summed E-state index contributed by atoms with van der Waals surface area (Å²) in [5.41, 5.74) is 4.85. The van der Waals surface area contributed by atoms with E-state index in [0.29, 0.717) is 45.2 Å². The molecule has 8 aliphatic heterocycles. The quantitative estimate of drug-likeness (QED) is 0.0595. The van der Waals surface area contributed by atoms with Crippen LogP contribution in [0.5, 0.6) is 0 Å². The van der Waals surface area contributed by atoms with Gasteiger partial charge in [-0.15, -0.1) is 23.2 Å². The maximum Gasteiger partial charge on any atom is 0.410 e. The molecule has 3 N–H and O–H groups in total. The predicted molar refractivity (Wildman–Crippen MR) is 453 cm³/mol. The van der Waals surface area contributed by atoms with Gasteiger partial charge >= 0.3 is 18.2 Å². The Kier molecular flexibility index (Phi) is 37.7. The van der Waals surface area contributed by atoms with Crippen LogP contribution in [0, 0.1) is 23.7 Å². The van der Waals surface area contributed by atoms with Gasteiger partial charge in [-0.2, -0.15) is 4.31 Å². The molecular weight excluding hydrogens is 1630 g/mol. The number of amides is 5. The summed E-state index contributed by atoms with van der Waals surface area (Å²) in [5, 5.41) is 16.1.